The molecule has 0 amide bonds. The van der Waals surface area contributed by atoms with Gasteiger partial charge in [-0.2, -0.15) is 0 Å². The van der Waals surface area contributed by atoms with Gasteiger partial charge >= 0.3 is 0 Å². The molecule has 0 aliphatic rings. The molecular formula is C11H27N. The topological polar surface area (TPSA) is 12.0 Å². The third-order valence-electron chi connectivity index (χ3n) is 1.53. The predicted octanol–water partition coefficient (Wildman–Crippen LogP) is 3.59. The zero-order valence-corrected chi connectivity index (χ0v) is 9.45. The second-order valence-electron chi connectivity index (χ2n) is 3.22. The summed E-state index contributed by atoms with van der Waals surface area (Å²) in [6.07, 6.45) is 8.16. The summed E-state index contributed by atoms with van der Waals surface area (Å²) in [5.74, 6) is 0. The fourth-order valence-corrected chi connectivity index (χ4v) is 0.905. The summed E-state index contributed by atoms with van der Waals surface area (Å²) >= 11 is 0. The minimum Gasteiger partial charge on any atom is -0.320 e. The molecule has 0 aromatic rings. The van der Waals surface area contributed by atoms with Crippen LogP contribution in [0, 0.1) is 0 Å². The monoisotopic (exact) mass is 173 g/mol. The van der Waals surface area contributed by atoms with Gasteiger partial charge in [-0.1, -0.05) is 52.9 Å². The molecule has 0 radical (unpaired) electrons. The zero-order chi connectivity index (χ0) is 9.66. The van der Waals surface area contributed by atoms with Crippen molar-refractivity contribution in [2.24, 2.45) is 0 Å². The maximum atomic E-state index is 3.14. The van der Waals surface area contributed by atoms with Crippen molar-refractivity contribution in [1.29, 1.82) is 0 Å². The summed E-state index contributed by atoms with van der Waals surface area (Å²) in [7, 11) is 2.01. The minimum atomic E-state index is 1.18. The molecule has 1 N–H and O–H groups in total. The highest BCUT2D eigenvalue weighted by Gasteiger charge is 1.85. The van der Waals surface area contributed by atoms with Crippen molar-refractivity contribution in [2.45, 2.75) is 59.3 Å². The molecule has 0 unspecified atom stereocenters. The first-order chi connectivity index (χ1) is 5.83. The zero-order valence-electron chi connectivity index (χ0n) is 9.45. The van der Waals surface area contributed by atoms with Crippen LogP contribution in [-0.4, -0.2) is 13.6 Å². The summed E-state index contributed by atoms with van der Waals surface area (Å²) in [6, 6.07) is 0. The van der Waals surface area contributed by atoms with Gasteiger partial charge in [0.05, 0.1) is 0 Å². The Morgan fingerprint density at radius 3 is 1.75 bits per heavy atom. The highest BCUT2D eigenvalue weighted by molar-refractivity contribution is 4.43. The van der Waals surface area contributed by atoms with Crippen LogP contribution in [0.4, 0.5) is 0 Å². The van der Waals surface area contributed by atoms with Gasteiger partial charge < -0.3 is 5.32 Å². The SMILES string of the molecule is CCC.CCCCCCCNC. The molecule has 0 aromatic heterocycles. The summed E-state index contributed by atoms with van der Waals surface area (Å²) in [5, 5.41) is 3.14. The fourth-order valence-electron chi connectivity index (χ4n) is 0.905. The molecule has 1 heteroatoms. The second kappa shape index (κ2) is 17.2. The standard InChI is InChI=1S/C8H19N.C3H8/c1-3-4-5-6-7-8-9-2;1-3-2/h9H,3-8H2,1-2H3;3H2,1-2H3. The van der Waals surface area contributed by atoms with Crippen molar-refractivity contribution in [3.63, 3.8) is 0 Å². The molecule has 0 heterocycles. The molecule has 0 spiro atoms. The molecule has 12 heavy (non-hydrogen) atoms. The smallest absolute Gasteiger partial charge is 0.00519 e. The van der Waals surface area contributed by atoms with Gasteiger partial charge in [0.2, 0.25) is 0 Å². The van der Waals surface area contributed by atoms with Gasteiger partial charge in [-0.3, -0.25) is 0 Å². The Hall–Kier alpha value is -0.0400. The van der Waals surface area contributed by atoms with E-state index >= 15 is 0 Å². The Morgan fingerprint density at radius 1 is 0.833 bits per heavy atom. The molecule has 0 saturated carbocycles. The lowest BCUT2D eigenvalue weighted by Crippen LogP contribution is -2.06. The number of nitrogens with one attached hydrogen (secondary N) is 1. The van der Waals surface area contributed by atoms with Gasteiger partial charge in [-0.15, -0.1) is 0 Å². The van der Waals surface area contributed by atoms with E-state index in [9.17, 15) is 0 Å². The van der Waals surface area contributed by atoms with Crippen LogP contribution >= 0.6 is 0 Å². The molecule has 0 aromatic carbocycles. The lowest BCUT2D eigenvalue weighted by Gasteiger charge is -1.97. The minimum absolute atomic E-state index is 1.18. The Morgan fingerprint density at radius 2 is 1.33 bits per heavy atom. The number of hydrogen-bond acceptors (Lipinski definition) is 1. The van der Waals surface area contributed by atoms with Crippen LogP contribution < -0.4 is 5.32 Å². The molecule has 0 rings (SSSR count). The molecular weight excluding hydrogens is 146 g/mol. The van der Waals surface area contributed by atoms with E-state index in [1.54, 1.807) is 0 Å². The summed E-state index contributed by atoms with van der Waals surface area (Å²) < 4.78 is 0. The van der Waals surface area contributed by atoms with Crippen molar-refractivity contribution < 1.29 is 0 Å². The second-order valence-corrected chi connectivity index (χ2v) is 3.22. The Balaban J connectivity index is 0. The molecule has 0 aliphatic heterocycles. The van der Waals surface area contributed by atoms with E-state index in [0.29, 0.717) is 0 Å². The predicted molar refractivity (Wildman–Crippen MR) is 58.7 cm³/mol. The summed E-state index contributed by atoms with van der Waals surface area (Å²) in [5.41, 5.74) is 0. The summed E-state index contributed by atoms with van der Waals surface area (Å²) in [6.45, 7) is 7.68. The Bertz CT molecular complexity index is 47.0. The van der Waals surface area contributed by atoms with Gasteiger partial charge in [0.25, 0.3) is 0 Å². The quantitative estimate of drug-likeness (QED) is 0.605. The van der Waals surface area contributed by atoms with Crippen LogP contribution in [0.15, 0.2) is 0 Å². The first-order valence-electron chi connectivity index (χ1n) is 5.47. The Labute approximate surface area is 78.9 Å². The molecule has 1 nitrogen and oxygen atoms in total. The van der Waals surface area contributed by atoms with Crippen LogP contribution in [0.25, 0.3) is 0 Å². The highest BCUT2D eigenvalue weighted by atomic mass is 14.8. The highest BCUT2D eigenvalue weighted by Crippen LogP contribution is 2.00. The van der Waals surface area contributed by atoms with Gasteiger partial charge in [-0.25, -0.2) is 0 Å². The number of rotatable bonds is 6. The number of unbranched alkanes of at least 4 members (excludes halogenated alkanes) is 4. The van der Waals surface area contributed by atoms with Crippen LogP contribution in [-0.2, 0) is 0 Å². The Kier molecular flexibility index (Phi) is 20.7. The van der Waals surface area contributed by atoms with E-state index in [-0.39, 0.29) is 0 Å². The average molecular weight is 173 g/mol. The maximum absolute atomic E-state index is 3.14. The van der Waals surface area contributed by atoms with Gasteiger partial charge in [-0.05, 0) is 20.0 Å². The molecule has 0 atom stereocenters. The third kappa shape index (κ3) is 22.5. The van der Waals surface area contributed by atoms with E-state index in [0.717, 1.165) is 0 Å². The van der Waals surface area contributed by atoms with Crippen molar-refractivity contribution in [1.82, 2.24) is 5.32 Å². The van der Waals surface area contributed by atoms with E-state index in [2.05, 4.69) is 26.1 Å². The van der Waals surface area contributed by atoms with Crippen LogP contribution in [0.3, 0.4) is 0 Å². The fraction of sp³-hybridized carbons (Fsp3) is 1.00. The molecule has 0 aliphatic carbocycles. The van der Waals surface area contributed by atoms with E-state index in [1.165, 1.54) is 45.1 Å². The van der Waals surface area contributed by atoms with Crippen molar-refractivity contribution >= 4 is 0 Å². The van der Waals surface area contributed by atoms with Crippen molar-refractivity contribution in [3.8, 4) is 0 Å². The summed E-state index contributed by atoms with van der Waals surface area (Å²) in [4.78, 5) is 0. The maximum Gasteiger partial charge on any atom is -0.00519 e. The van der Waals surface area contributed by atoms with E-state index in [4.69, 9.17) is 0 Å². The molecule has 0 fully saturated rings. The van der Waals surface area contributed by atoms with Gasteiger partial charge in [0, 0.05) is 0 Å². The normalized spacial score (nSPS) is 9.00. The van der Waals surface area contributed by atoms with Crippen LogP contribution in [0.2, 0.25) is 0 Å². The van der Waals surface area contributed by atoms with Gasteiger partial charge in [0.15, 0.2) is 0 Å². The lowest BCUT2D eigenvalue weighted by molar-refractivity contribution is 0.610. The van der Waals surface area contributed by atoms with Gasteiger partial charge in [0.1, 0.15) is 0 Å². The van der Waals surface area contributed by atoms with E-state index in [1.807, 2.05) is 7.05 Å². The van der Waals surface area contributed by atoms with Crippen LogP contribution in [0.1, 0.15) is 59.3 Å². The van der Waals surface area contributed by atoms with Crippen LogP contribution in [0.5, 0.6) is 0 Å². The van der Waals surface area contributed by atoms with Crippen molar-refractivity contribution in [2.75, 3.05) is 13.6 Å². The van der Waals surface area contributed by atoms with E-state index < -0.39 is 0 Å². The average Bonchev–Trinajstić information content (AvgIpc) is 2.06. The largest absolute Gasteiger partial charge is 0.320 e. The number of hydrogen-bond donors (Lipinski definition) is 1. The third-order valence-corrected chi connectivity index (χ3v) is 1.53. The molecule has 0 bridgehead atoms. The lowest BCUT2D eigenvalue weighted by atomic mass is 10.1. The first-order valence-corrected chi connectivity index (χ1v) is 5.47. The first kappa shape index (κ1) is 14.5. The molecule has 76 valence electrons. The van der Waals surface area contributed by atoms with Crippen molar-refractivity contribution in [3.05, 3.63) is 0 Å². The molecule has 0 saturated heterocycles.